The van der Waals surface area contributed by atoms with Crippen LogP contribution in [0.3, 0.4) is 0 Å². The highest BCUT2D eigenvalue weighted by Gasteiger charge is 2.21. The van der Waals surface area contributed by atoms with E-state index in [0.717, 1.165) is 18.2 Å². The molecule has 0 unspecified atom stereocenters. The van der Waals surface area contributed by atoms with Gasteiger partial charge in [-0.05, 0) is 18.2 Å². The van der Waals surface area contributed by atoms with Gasteiger partial charge in [-0.3, -0.25) is 4.79 Å². The predicted molar refractivity (Wildman–Crippen MR) is 96.4 cm³/mol. The minimum atomic E-state index is -0.0280. The van der Waals surface area contributed by atoms with Gasteiger partial charge in [0.1, 0.15) is 0 Å². The third kappa shape index (κ3) is 3.86. The lowest BCUT2D eigenvalue weighted by Crippen LogP contribution is -2.48. The molecular formula is C16H15Cl2N3OS. The van der Waals surface area contributed by atoms with Crippen LogP contribution in [0.5, 0.6) is 0 Å². The van der Waals surface area contributed by atoms with E-state index in [0.29, 0.717) is 28.7 Å². The number of nitrogens with zero attached hydrogens (tertiary/aromatic N) is 3. The Morgan fingerprint density at radius 3 is 2.48 bits per heavy atom. The molecule has 2 aromatic rings. The van der Waals surface area contributed by atoms with Crippen LogP contribution >= 0.6 is 34.5 Å². The molecule has 120 valence electrons. The Balaban J connectivity index is 1.60. The minimum absolute atomic E-state index is 0.0280. The van der Waals surface area contributed by atoms with Crippen molar-refractivity contribution in [3.8, 4) is 0 Å². The Labute approximate surface area is 148 Å². The maximum absolute atomic E-state index is 12.3. The molecular weight excluding hydrogens is 353 g/mol. The summed E-state index contributed by atoms with van der Waals surface area (Å²) < 4.78 is 0. The van der Waals surface area contributed by atoms with Gasteiger partial charge in [0, 0.05) is 59.4 Å². The normalized spacial score (nSPS) is 15.4. The molecule has 0 aliphatic carbocycles. The van der Waals surface area contributed by atoms with E-state index in [1.54, 1.807) is 41.8 Å². The molecule has 0 N–H and O–H groups in total. The van der Waals surface area contributed by atoms with Crippen molar-refractivity contribution >= 4 is 51.7 Å². The molecule has 0 spiro atoms. The van der Waals surface area contributed by atoms with Crippen LogP contribution in [-0.4, -0.2) is 42.0 Å². The van der Waals surface area contributed by atoms with Crippen LogP contribution in [-0.2, 0) is 4.79 Å². The second-order valence-corrected chi connectivity index (χ2v) is 6.78. The summed E-state index contributed by atoms with van der Waals surface area (Å²) in [6.45, 7) is 2.94. The van der Waals surface area contributed by atoms with Crippen molar-refractivity contribution in [2.45, 2.75) is 0 Å². The smallest absolute Gasteiger partial charge is 0.246 e. The third-order valence-corrected chi connectivity index (χ3v) is 5.16. The van der Waals surface area contributed by atoms with Crippen LogP contribution in [0.25, 0.3) is 6.08 Å². The van der Waals surface area contributed by atoms with Crippen LogP contribution in [0.4, 0.5) is 5.13 Å². The van der Waals surface area contributed by atoms with Crippen molar-refractivity contribution in [2.24, 2.45) is 0 Å². The number of carbonyl (C=O) groups is 1. The SMILES string of the molecule is O=C(/C=C/c1c(Cl)cccc1Cl)N1CCN(c2nccs2)CC1. The maximum atomic E-state index is 12.3. The molecule has 0 radical (unpaired) electrons. The Morgan fingerprint density at radius 2 is 1.87 bits per heavy atom. The van der Waals surface area contributed by atoms with Gasteiger partial charge in [0.05, 0.1) is 0 Å². The Hall–Kier alpha value is -1.56. The highest BCUT2D eigenvalue weighted by atomic mass is 35.5. The first-order valence-corrected chi connectivity index (χ1v) is 8.84. The molecule has 7 heteroatoms. The molecule has 0 saturated carbocycles. The Bertz CT molecular complexity index is 690. The zero-order chi connectivity index (χ0) is 16.2. The average molecular weight is 368 g/mol. The van der Waals surface area contributed by atoms with Crippen molar-refractivity contribution in [2.75, 3.05) is 31.1 Å². The van der Waals surface area contributed by atoms with Crippen molar-refractivity contribution in [3.63, 3.8) is 0 Å². The summed E-state index contributed by atoms with van der Waals surface area (Å²) in [6, 6.07) is 5.29. The third-order valence-electron chi connectivity index (χ3n) is 3.67. The van der Waals surface area contributed by atoms with Crippen molar-refractivity contribution in [1.82, 2.24) is 9.88 Å². The number of rotatable bonds is 3. The van der Waals surface area contributed by atoms with E-state index >= 15 is 0 Å². The summed E-state index contributed by atoms with van der Waals surface area (Å²) >= 11 is 13.8. The lowest BCUT2D eigenvalue weighted by molar-refractivity contribution is -0.126. The highest BCUT2D eigenvalue weighted by molar-refractivity contribution is 7.13. The summed E-state index contributed by atoms with van der Waals surface area (Å²) in [5.74, 6) is -0.0280. The molecule has 1 fully saturated rings. The molecule has 23 heavy (non-hydrogen) atoms. The topological polar surface area (TPSA) is 36.4 Å². The van der Waals surface area contributed by atoms with E-state index in [4.69, 9.17) is 23.2 Å². The quantitative estimate of drug-likeness (QED) is 0.773. The number of anilines is 1. The molecule has 4 nitrogen and oxygen atoms in total. The van der Waals surface area contributed by atoms with E-state index in [1.165, 1.54) is 6.08 Å². The molecule has 1 amide bonds. The highest BCUT2D eigenvalue weighted by Crippen LogP contribution is 2.25. The second kappa shape index (κ2) is 7.34. The van der Waals surface area contributed by atoms with Gasteiger partial charge in [0.25, 0.3) is 0 Å². The molecule has 3 rings (SSSR count). The van der Waals surface area contributed by atoms with Gasteiger partial charge in [-0.1, -0.05) is 29.3 Å². The molecule has 1 aromatic heterocycles. The van der Waals surface area contributed by atoms with Gasteiger partial charge >= 0.3 is 0 Å². The number of carbonyl (C=O) groups excluding carboxylic acids is 1. The van der Waals surface area contributed by atoms with Crippen LogP contribution in [0.2, 0.25) is 10.0 Å². The van der Waals surface area contributed by atoms with Gasteiger partial charge in [-0.2, -0.15) is 0 Å². The van der Waals surface area contributed by atoms with Crippen molar-refractivity contribution in [3.05, 3.63) is 51.5 Å². The lowest BCUT2D eigenvalue weighted by Gasteiger charge is -2.34. The van der Waals surface area contributed by atoms with Gasteiger partial charge < -0.3 is 9.80 Å². The monoisotopic (exact) mass is 367 g/mol. The fourth-order valence-corrected chi connectivity index (χ4v) is 3.64. The van der Waals surface area contributed by atoms with Gasteiger partial charge in [0.15, 0.2) is 5.13 Å². The average Bonchev–Trinajstić information content (AvgIpc) is 3.09. The van der Waals surface area contributed by atoms with Crippen molar-refractivity contribution < 1.29 is 4.79 Å². The number of amides is 1. The summed E-state index contributed by atoms with van der Waals surface area (Å²) in [4.78, 5) is 20.6. The van der Waals surface area contributed by atoms with Crippen LogP contribution < -0.4 is 4.90 Å². The van der Waals surface area contributed by atoms with Crippen LogP contribution in [0, 0.1) is 0 Å². The minimum Gasteiger partial charge on any atom is -0.345 e. The van der Waals surface area contributed by atoms with E-state index in [1.807, 2.05) is 10.3 Å². The summed E-state index contributed by atoms with van der Waals surface area (Å²) in [6.07, 6.45) is 5.01. The molecule has 0 bridgehead atoms. The number of thiazole rings is 1. The number of piperazine rings is 1. The standard InChI is InChI=1S/C16H15Cl2N3OS/c17-13-2-1-3-14(18)12(13)4-5-15(22)20-7-9-21(10-8-20)16-19-6-11-23-16/h1-6,11H,7-10H2/b5-4+. The van der Waals surface area contributed by atoms with Crippen LogP contribution in [0.15, 0.2) is 35.9 Å². The van der Waals surface area contributed by atoms with E-state index in [9.17, 15) is 4.79 Å². The molecule has 1 aromatic carbocycles. The zero-order valence-electron chi connectivity index (χ0n) is 12.3. The Morgan fingerprint density at radius 1 is 1.17 bits per heavy atom. The first-order chi connectivity index (χ1) is 11.1. The summed E-state index contributed by atoms with van der Waals surface area (Å²) in [7, 11) is 0. The van der Waals surface area contributed by atoms with Gasteiger partial charge in [-0.25, -0.2) is 4.98 Å². The molecule has 1 aliphatic heterocycles. The first-order valence-electron chi connectivity index (χ1n) is 7.20. The Kier molecular flexibility index (Phi) is 5.20. The second-order valence-electron chi connectivity index (χ2n) is 5.10. The van der Waals surface area contributed by atoms with E-state index < -0.39 is 0 Å². The lowest BCUT2D eigenvalue weighted by atomic mass is 10.2. The molecule has 1 saturated heterocycles. The van der Waals surface area contributed by atoms with Crippen LogP contribution in [0.1, 0.15) is 5.56 Å². The number of hydrogen-bond acceptors (Lipinski definition) is 4. The van der Waals surface area contributed by atoms with Crippen molar-refractivity contribution in [1.29, 1.82) is 0 Å². The largest absolute Gasteiger partial charge is 0.345 e. The predicted octanol–water partition coefficient (Wildman–Crippen LogP) is 3.81. The van der Waals surface area contributed by atoms with E-state index in [-0.39, 0.29) is 5.91 Å². The number of halogens is 2. The first kappa shape index (κ1) is 16.3. The summed E-state index contributed by atoms with van der Waals surface area (Å²) in [5, 5.41) is 4.05. The number of hydrogen-bond donors (Lipinski definition) is 0. The van der Waals surface area contributed by atoms with Gasteiger partial charge in [0.2, 0.25) is 5.91 Å². The molecule has 0 atom stereocenters. The van der Waals surface area contributed by atoms with Gasteiger partial charge in [-0.15, -0.1) is 11.3 Å². The van der Waals surface area contributed by atoms with E-state index in [2.05, 4.69) is 9.88 Å². The fourth-order valence-electron chi connectivity index (χ4n) is 2.42. The zero-order valence-corrected chi connectivity index (χ0v) is 14.6. The molecule has 2 heterocycles. The fraction of sp³-hybridized carbons (Fsp3) is 0.250. The molecule has 1 aliphatic rings. The summed E-state index contributed by atoms with van der Waals surface area (Å²) in [5.41, 5.74) is 0.672. The number of aromatic nitrogens is 1. The maximum Gasteiger partial charge on any atom is 0.246 e. The number of benzene rings is 1.